The van der Waals surface area contributed by atoms with E-state index in [0.29, 0.717) is 28.1 Å². The zero-order valence-corrected chi connectivity index (χ0v) is 17.4. The highest BCUT2D eigenvalue weighted by atomic mass is 19.1. The molecule has 31 heavy (non-hydrogen) atoms. The third-order valence-corrected chi connectivity index (χ3v) is 4.72. The molecule has 5 nitrogen and oxygen atoms in total. The van der Waals surface area contributed by atoms with E-state index in [2.05, 4.69) is 10.6 Å². The largest absolute Gasteiger partial charge is 0.497 e. The molecule has 3 aromatic rings. The van der Waals surface area contributed by atoms with Crippen LogP contribution in [0.1, 0.15) is 17.2 Å². The van der Waals surface area contributed by atoms with Gasteiger partial charge in [0.25, 0.3) is 0 Å². The van der Waals surface area contributed by atoms with Gasteiger partial charge in [-0.25, -0.2) is 4.39 Å². The lowest BCUT2D eigenvalue weighted by Crippen LogP contribution is -2.28. The molecule has 0 saturated heterocycles. The van der Waals surface area contributed by atoms with Gasteiger partial charge in [-0.05, 0) is 35.4 Å². The van der Waals surface area contributed by atoms with Crippen LogP contribution in [0.2, 0.25) is 0 Å². The van der Waals surface area contributed by atoms with Crippen molar-refractivity contribution in [3.63, 3.8) is 0 Å². The number of halogens is 1. The van der Waals surface area contributed by atoms with Crippen molar-refractivity contribution in [1.82, 2.24) is 5.32 Å². The molecule has 3 rings (SSSR count). The quantitative estimate of drug-likeness (QED) is 0.436. The molecule has 0 amide bonds. The number of anilines is 1. The van der Waals surface area contributed by atoms with Gasteiger partial charge in [0.2, 0.25) is 5.78 Å². The van der Waals surface area contributed by atoms with Gasteiger partial charge in [-0.2, -0.15) is 0 Å². The van der Waals surface area contributed by atoms with Crippen molar-refractivity contribution in [2.75, 3.05) is 19.5 Å². The Morgan fingerprint density at radius 1 is 1.03 bits per heavy atom. The standard InChI is InChI=1S/C25H24FN3O2/c1-28-16-22(18-10-6-11-19(26)14-18)23(27)25(30)24(17-8-4-3-5-9-17)29-20-12-7-13-21(15-20)31-2/h3-16,24,27-29H,1-2H3/b22-16-,27-23?. The van der Waals surface area contributed by atoms with E-state index in [-0.39, 0.29) is 5.71 Å². The highest BCUT2D eigenvalue weighted by Crippen LogP contribution is 2.26. The summed E-state index contributed by atoms with van der Waals surface area (Å²) in [6.07, 6.45) is 1.53. The number of hydrogen-bond donors (Lipinski definition) is 3. The summed E-state index contributed by atoms with van der Waals surface area (Å²) in [5.74, 6) is -0.233. The van der Waals surface area contributed by atoms with Crippen LogP contribution in [0.4, 0.5) is 10.1 Å². The Labute approximate surface area is 181 Å². The van der Waals surface area contributed by atoms with E-state index in [0.717, 1.165) is 0 Å². The number of hydrogen-bond acceptors (Lipinski definition) is 5. The number of methoxy groups -OCH3 is 1. The van der Waals surface area contributed by atoms with E-state index in [1.54, 1.807) is 32.4 Å². The number of allylic oxidation sites excluding steroid dienone is 1. The van der Waals surface area contributed by atoms with E-state index in [4.69, 9.17) is 10.1 Å². The maximum atomic E-state index is 13.8. The molecule has 3 aromatic carbocycles. The van der Waals surface area contributed by atoms with Crippen LogP contribution in [0.25, 0.3) is 5.57 Å². The molecular formula is C25H24FN3O2. The zero-order chi connectivity index (χ0) is 22.2. The average molecular weight is 417 g/mol. The second-order valence-electron chi connectivity index (χ2n) is 6.82. The third kappa shape index (κ3) is 5.36. The number of Topliss-reactive ketones (excluding diaryl/α,β-unsaturated/α-hetero) is 1. The molecule has 0 bridgehead atoms. The van der Waals surface area contributed by atoms with Crippen molar-refractivity contribution in [2.45, 2.75) is 6.04 Å². The van der Waals surface area contributed by atoms with Crippen LogP contribution in [0.15, 0.2) is 85.1 Å². The molecule has 0 heterocycles. The molecule has 0 aliphatic carbocycles. The summed E-state index contributed by atoms with van der Waals surface area (Å²) in [5, 5.41) is 14.7. The molecule has 0 saturated carbocycles. The number of carbonyl (C=O) groups is 1. The lowest BCUT2D eigenvalue weighted by Gasteiger charge is -2.21. The first kappa shape index (κ1) is 21.8. The second kappa shape index (κ2) is 10.2. The molecule has 0 aromatic heterocycles. The highest BCUT2D eigenvalue weighted by molar-refractivity contribution is 6.56. The minimum Gasteiger partial charge on any atom is -0.497 e. The predicted molar refractivity (Wildman–Crippen MR) is 122 cm³/mol. The Kier molecular flexibility index (Phi) is 7.17. The molecular weight excluding hydrogens is 393 g/mol. The molecule has 1 atom stereocenters. The fourth-order valence-electron chi connectivity index (χ4n) is 3.20. The first-order valence-electron chi connectivity index (χ1n) is 9.75. The van der Waals surface area contributed by atoms with Gasteiger partial charge in [0.05, 0.1) is 7.11 Å². The van der Waals surface area contributed by atoms with Gasteiger partial charge in [0, 0.05) is 30.6 Å². The van der Waals surface area contributed by atoms with Gasteiger partial charge < -0.3 is 15.4 Å². The number of ether oxygens (including phenoxy) is 1. The first-order valence-corrected chi connectivity index (χ1v) is 9.75. The zero-order valence-electron chi connectivity index (χ0n) is 17.4. The molecule has 0 spiro atoms. The fourth-order valence-corrected chi connectivity index (χ4v) is 3.20. The van der Waals surface area contributed by atoms with Crippen molar-refractivity contribution < 1.29 is 13.9 Å². The van der Waals surface area contributed by atoms with Crippen molar-refractivity contribution in [1.29, 1.82) is 5.41 Å². The van der Waals surface area contributed by atoms with Crippen LogP contribution < -0.4 is 15.4 Å². The van der Waals surface area contributed by atoms with Crippen molar-refractivity contribution >= 4 is 22.8 Å². The fraction of sp³-hybridized carbons (Fsp3) is 0.120. The van der Waals surface area contributed by atoms with Crippen LogP contribution in [0.3, 0.4) is 0 Å². The Hall–Kier alpha value is -3.93. The normalized spacial score (nSPS) is 12.0. The van der Waals surface area contributed by atoms with Crippen molar-refractivity contribution in [3.05, 3.63) is 102 Å². The average Bonchev–Trinajstić information content (AvgIpc) is 2.81. The van der Waals surface area contributed by atoms with E-state index < -0.39 is 17.6 Å². The number of rotatable bonds is 9. The summed E-state index contributed by atoms with van der Waals surface area (Å²) in [7, 11) is 3.24. The van der Waals surface area contributed by atoms with Crippen LogP contribution >= 0.6 is 0 Å². The minimum atomic E-state index is -0.811. The molecule has 0 radical (unpaired) electrons. The first-order chi connectivity index (χ1) is 15.0. The van der Waals surface area contributed by atoms with Gasteiger partial charge in [0.1, 0.15) is 23.3 Å². The summed E-state index contributed by atoms with van der Waals surface area (Å²) in [6, 6.07) is 21.5. The number of nitrogens with one attached hydrogen (secondary N) is 3. The monoisotopic (exact) mass is 417 g/mol. The Balaban J connectivity index is 1.98. The van der Waals surface area contributed by atoms with Gasteiger partial charge in [-0.1, -0.05) is 48.5 Å². The molecule has 0 aliphatic rings. The van der Waals surface area contributed by atoms with E-state index in [1.807, 2.05) is 48.5 Å². The Morgan fingerprint density at radius 2 is 1.77 bits per heavy atom. The molecule has 1 unspecified atom stereocenters. The van der Waals surface area contributed by atoms with E-state index in [1.165, 1.54) is 18.3 Å². The Bertz CT molecular complexity index is 1100. The van der Waals surface area contributed by atoms with Crippen LogP contribution in [-0.2, 0) is 4.79 Å². The molecule has 158 valence electrons. The topological polar surface area (TPSA) is 74.2 Å². The van der Waals surface area contributed by atoms with Crippen molar-refractivity contribution in [3.8, 4) is 5.75 Å². The number of ketones is 1. The van der Waals surface area contributed by atoms with Gasteiger partial charge in [0.15, 0.2) is 0 Å². The Morgan fingerprint density at radius 3 is 2.45 bits per heavy atom. The van der Waals surface area contributed by atoms with Gasteiger partial charge >= 0.3 is 0 Å². The second-order valence-corrected chi connectivity index (χ2v) is 6.82. The molecule has 0 fully saturated rings. The lowest BCUT2D eigenvalue weighted by atomic mass is 9.92. The SMILES string of the molecule is CN/C=C(\C(=N)C(=O)C(Nc1cccc(OC)c1)c1ccccc1)c1cccc(F)c1. The number of benzene rings is 3. The maximum absolute atomic E-state index is 13.8. The summed E-state index contributed by atoms with van der Waals surface area (Å²) < 4.78 is 19.1. The maximum Gasteiger partial charge on any atom is 0.207 e. The lowest BCUT2D eigenvalue weighted by molar-refractivity contribution is -0.113. The van der Waals surface area contributed by atoms with Crippen molar-refractivity contribution in [2.24, 2.45) is 0 Å². The summed E-state index contributed by atoms with van der Waals surface area (Å²) >= 11 is 0. The number of carbonyl (C=O) groups excluding carboxylic acids is 1. The molecule has 3 N–H and O–H groups in total. The van der Waals surface area contributed by atoms with Crippen LogP contribution in [-0.4, -0.2) is 25.7 Å². The van der Waals surface area contributed by atoms with Crippen LogP contribution in [0.5, 0.6) is 5.75 Å². The summed E-state index contributed by atoms with van der Waals surface area (Å²) in [5.41, 5.74) is 1.91. The summed E-state index contributed by atoms with van der Waals surface area (Å²) in [4.78, 5) is 13.5. The smallest absolute Gasteiger partial charge is 0.207 e. The van der Waals surface area contributed by atoms with E-state index in [9.17, 15) is 9.18 Å². The molecule has 0 aliphatic heterocycles. The predicted octanol–water partition coefficient (Wildman–Crippen LogP) is 4.84. The minimum absolute atomic E-state index is 0.232. The molecule has 6 heteroatoms. The van der Waals surface area contributed by atoms with Crippen LogP contribution in [0, 0.1) is 11.2 Å². The van der Waals surface area contributed by atoms with E-state index >= 15 is 0 Å². The highest BCUT2D eigenvalue weighted by Gasteiger charge is 2.27. The summed E-state index contributed by atoms with van der Waals surface area (Å²) in [6.45, 7) is 0. The van der Waals surface area contributed by atoms with Gasteiger partial charge in [-0.15, -0.1) is 0 Å². The van der Waals surface area contributed by atoms with Gasteiger partial charge in [-0.3, -0.25) is 10.2 Å². The third-order valence-electron chi connectivity index (χ3n) is 4.72.